The summed E-state index contributed by atoms with van der Waals surface area (Å²) in [5.74, 6) is -0.323. The van der Waals surface area contributed by atoms with Gasteiger partial charge in [-0.1, -0.05) is 0 Å². The van der Waals surface area contributed by atoms with Crippen LogP contribution in [-0.4, -0.2) is 34.2 Å². The van der Waals surface area contributed by atoms with Crippen molar-refractivity contribution in [2.24, 2.45) is 0 Å². The molecular weight excluding hydrogens is 244 g/mol. The van der Waals surface area contributed by atoms with E-state index in [9.17, 15) is 14.4 Å². The van der Waals surface area contributed by atoms with Crippen molar-refractivity contribution in [1.82, 2.24) is 9.47 Å². The van der Waals surface area contributed by atoms with Gasteiger partial charge in [0.2, 0.25) is 5.91 Å². The number of aryl methyl sites for hydroxylation is 1. The molecule has 0 spiro atoms. The molecule has 2 heterocycles. The van der Waals surface area contributed by atoms with E-state index in [0.717, 1.165) is 25.9 Å². The van der Waals surface area contributed by atoms with Crippen LogP contribution >= 0.6 is 0 Å². The third kappa shape index (κ3) is 2.75. The molecule has 5 heteroatoms. The van der Waals surface area contributed by atoms with E-state index in [-0.39, 0.29) is 29.4 Å². The quantitative estimate of drug-likeness (QED) is 0.763. The normalized spacial score (nSPS) is 14.7. The fraction of sp³-hybridized carbons (Fsp3) is 0.500. The van der Waals surface area contributed by atoms with E-state index >= 15 is 0 Å². The van der Waals surface area contributed by atoms with Gasteiger partial charge in [-0.2, -0.15) is 0 Å². The van der Waals surface area contributed by atoms with Crippen LogP contribution < -0.4 is 5.56 Å². The van der Waals surface area contributed by atoms with Crippen molar-refractivity contribution in [1.29, 1.82) is 0 Å². The molecule has 0 aromatic carbocycles. The van der Waals surface area contributed by atoms with Gasteiger partial charge in [0.05, 0.1) is 5.56 Å². The van der Waals surface area contributed by atoms with E-state index in [4.69, 9.17) is 0 Å². The van der Waals surface area contributed by atoms with Gasteiger partial charge in [-0.15, -0.1) is 0 Å². The average Bonchev–Trinajstić information content (AvgIpc) is 2.87. The SMILES string of the molecule is CC(=O)c1ccc(C)n(CC(=O)N2CCCC2)c1=O. The molecule has 0 radical (unpaired) electrons. The zero-order valence-electron chi connectivity index (χ0n) is 11.3. The maximum absolute atomic E-state index is 12.2. The number of aromatic nitrogens is 1. The van der Waals surface area contributed by atoms with Crippen molar-refractivity contribution >= 4 is 11.7 Å². The summed E-state index contributed by atoms with van der Waals surface area (Å²) < 4.78 is 1.39. The van der Waals surface area contributed by atoms with Crippen LogP contribution in [0.3, 0.4) is 0 Å². The largest absolute Gasteiger partial charge is 0.341 e. The molecule has 1 saturated heterocycles. The van der Waals surface area contributed by atoms with Crippen molar-refractivity contribution in [3.8, 4) is 0 Å². The Kier molecular flexibility index (Phi) is 3.83. The molecule has 0 aliphatic carbocycles. The second-order valence-corrected chi connectivity index (χ2v) is 4.92. The van der Waals surface area contributed by atoms with Gasteiger partial charge in [0.1, 0.15) is 6.54 Å². The molecule has 1 fully saturated rings. The van der Waals surface area contributed by atoms with E-state index in [1.54, 1.807) is 17.9 Å². The number of ketones is 1. The van der Waals surface area contributed by atoms with Crippen molar-refractivity contribution in [2.75, 3.05) is 13.1 Å². The summed E-state index contributed by atoms with van der Waals surface area (Å²) in [6.07, 6.45) is 2.04. The second-order valence-electron chi connectivity index (χ2n) is 4.92. The van der Waals surface area contributed by atoms with Crippen LogP contribution in [0.25, 0.3) is 0 Å². The Labute approximate surface area is 111 Å². The zero-order valence-corrected chi connectivity index (χ0v) is 11.3. The number of Topliss-reactive ketones (excluding diaryl/α,β-unsaturated/α-hetero) is 1. The molecule has 1 aliphatic rings. The van der Waals surface area contributed by atoms with Gasteiger partial charge in [0.15, 0.2) is 5.78 Å². The number of likely N-dealkylation sites (tertiary alicyclic amines) is 1. The lowest BCUT2D eigenvalue weighted by atomic mass is 10.2. The van der Waals surface area contributed by atoms with Crippen LogP contribution in [-0.2, 0) is 11.3 Å². The molecule has 0 N–H and O–H groups in total. The number of hydrogen-bond acceptors (Lipinski definition) is 3. The van der Waals surface area contributed by atoms with Gasteiger partial charge in [0, 0.05) is 18.8 Å². The Hall–Kier alpha value is -1.91. The molecule has 0 unspecified atom stereocenters. The van der Waals surface area contributed by atoms with Crippen LogP contribution in [0.4, 0.5) is 0 Å². The lowest BCUT2D eigenvalue weighted by Gasteiger charge is -2.17. The highest BCUT2D eigenvalue weighted by Crippen LogP contribution is 2.09. The molecule has 19 heavy (non-hydrogen) atoms. The topological polar surface area (TPSA) is 59.4 Å². The molecule has 2 rings (SSSR count). The minimum atomic E-state index is -0.375. The highest BCUT2D eigenvalue weighted by molar-refractivity contribution is 5.93. The molecule has 102 valence electrons. The molecule has 0 saturated carbocycles. The van der Waals surface area contributed by atoms with Gasteiger partial charge in [-0.3, -0.25) is 14.4 Å². The fourth-order valence-corrected chi connectivity index (χ4v) is 2.34. The average molecular weight is 262 g/mol. The van der Waals surface area contributed by atoms with Crippen molar-refractivity contribution in [3.05, 3.63) is 33.7 Å². The predicted octanol–water partition coefficient (Wildman–Crippen LogP) is 0.982. The third-order valence-electron chi connectivity index (χ3n) is 3.52. The lowest BCUT2D eigenvalue weighted by molar-refractivity contribution is -0.130. The molecule has 5 nitrogen and oxygen atoms in total. The number of pyridine rings is 1. The number of carbonyl (C=O) groups excluding carboxylic acids is 2. The van der Waals surface area contributed by atoms with Gasteiger partial charge in [-0.25, -0.2) is 0 Å². The van der Waals surface area contributed by atoms with Gasteiger partial charge < -0.3 is 9.47 Å². The first-order chi connectivity index (χ1) is 9.00. The summed E-state index contributed by atoms with van der Waals surface area (Å²) in [7, 11) is 0. The van der Waals surface area contributed by atoms with Crippen LogP contribution in [0.1, 0.15) is 35.8 Å². The smallest absolute Gasteiger partial charge is 0.262 e. The monoisotopic (exact) mass is 262 g/mol. The molecular formula is C14H18N2O3. The van der Waals surface area contributed by atoms with Gasteiger partial charge in [-0.05, 0) is 38.8 Å². The number of hydrogen-bond donors (Lipinski definition) is 0. The lowest BCUT2D eigenvalue weighted by Crippen LogP contribution is -2.36. The van der Waals surface area contributed by atoms with E-state index < -0.39 is 0 Å². The maximum Gasteiger partial charge on any atom is 0.262 e. The Morgan fingerprint density at radius 1 is 1.21 bits per heavy atom. The number of amides is 1. The standard InChI is InChI=1S/C14H18N2O3/c1-10-5-6-12(11(2)17)14(19)16(10)9-13(18)15-7-3-4-8-15/h5-6H,3-4,7-9H2,1-2H3. The molecule has 1 amide bonds. The van der Waals surface area contributed by atoms with Crippen molar-refractivity contribution in [3.63, 3.8) is 0 Å². The Balaban J connectivity index is 2.29. The summed E-state index contributed by atoms with van der Waals surface area (Å²) in [5.41, 5.74) is 0.461. The minimum absolute atomic E-state index is 0.0196. The summed E-state index contributed by atoms with van der Waals surface area (Å²) >= 11 is 0. The minimum Gasteiger partial charge on any atom is -0.341 e. The Morgan fingerprint density at radius 3 is 2.42 bits per heavy atom. The van der Waals surface area contributed by atoms with Crippen LogP contribution in [0.5, 0.6) is 0 Å². The van der Waals surface area contributed by atoms with E-state index in [1.165, 1.54) is 17.6 Å². The Morgan fingerprint density at radius 2 is 1.84 bits per heavy atom. The first-order valence-electron chi connectivity index (χ1n) is 6.50. The van der Waals surface area contributed by atoms with E-state index in [2.05, 4.69) is 0 Å². The van der Waals surface area contributed by atoms with E-state index in [1.807, 2.05) is 0 Å². The maximum atomic E-state index is 12.2. The fourth-order valence-electron chi connectivity index (χ4n) is 2.34. The highest BCUT2D eigenvalue weighted by Gasteiger charge is 2.20. The second kappa shape index (κ2) is 5.38. The summed E-state index contributed by atoms with van der Waals surface area (Å²) in [4.78, 5) is 37.4. The summed E-state index contributed by atoms with van der Waals surface area (Å²) in [6.45, 7) is 4.67. The Bertz CT molecular complexity index is 569. The first-order valence-corrected chi connectivity index (χ1v) is 6.50. The van der Waals surface area contributed by atoms with Gasteiger partial charge >= 0.3 is 0 Å². The number of carbonyl (C=O) groups is 2. The third-order valence-corrected chi connectivity index (χ3v) is 3.52. The van der Waals surface area contributed by atoms with Crippen LogP contribution in [0, 0.1) is 6.92 Å². The zero-order chi connectivity index (χ0) is 14.0. The molecule has 0 bridgehead atoms. The van der Waals surface area contributed by atoms with Crippen LogP contribution in [0.2, 0.25) is 0 Å². The molecule has 1 aliphatic heterocycles. The highest BCUT2D eigenvalue weighted by atomic mass is 16.2. The van der Waals surface area contributed by atoms with E-state index in [0.29, 0.717) is 5.69 Å². The number of nitrogens with zero attached hydrogens (tertiary/aromatic N) is 2. The first kappa shape index (κ1) is 13.5. The molecule has 0 atom stereocenters. The molecule has 1 aromatic rings. The van der Waals surface area contributed by atoms with Gasteiger partial charge in [0.25, 0.3) is 5.56 Å². The summed E-state index contributed by atoms with van der Waals surface area (Å²) in [6, 6.07) is 3.23. The predicted molar refractivity (Wildman–Crippen MR) is 71.3 cm³/mol. The van der Waals surface area contributed by atoms with Crippen molar-refractivity contribution < 1.29 is 9.59 Å². The summed E-state index contributed by atoms with van der Waals surface area (Å²) in [5, 5.41) is 0. The number of rotatable bonds is 3. The van der Waals surface area contributed by atoms with Crippen LogP contribution in [0.15, 0.2) is 16.9 Å². The van der Waals surface area contributed by atoms with Crippen molar-refractivity contribution in [2.45, 2.75) is 33.2 Å². The molecule has 1 aromatic heterocycles.